The van der Waals surface area contributed by atoms with Crippen molar-refractivity contribution < 1.29 is 4.79 Å². The summed E-state index contributed by atoms with van der Waals surface area (Å²) < 4.78 is 1.72. The van der Waals surface area contributed by atoms with Crippen LogP contribution in [0.2, 0.25) is 0 Å². The number of aromatic nitrogens is 2. The quantitative estimate of drug-likeness (QED) is 0.570. The number of rotatable bonds is 4. The molecule has 1 aliphatic carbocycles. The van der Waals surface area contributed by atoms with E-state index in [4.69, 9.17) is 4.98 Å². The van der Waals surface area contributed by atoms with E-state index in [1.54, 1.807) is 4.57 Å². The fourth-order valence-electron chi connectivity index (χ4n) is 4.83. The van der Waals surface area contributed by atoms with E-state index in [0.717, 1.165) is 19.4 Å². The first kappa shape index (κ1) is 19.5. The van der Waals surface area contributed by atoms with Gasteiger partial charge in [-0.05, 0) is 57.6 Å². The Labute approximate surface area is 170 Å². The molecule has 1 aromatic heterocycles. The zero-order valence-corrected chi connectivity index (χ0v) is 17.6. The van der Waals surface area contributed by atoms with Gasteiger partial charge in [0.15, 0.2) is 5.16 Å². The Bertz CT molecular complexity index is 922. The summed E-state index contributed by atoms with van der Waals surface area (Å²) in [7, 11) is 0. The van der Waals surface area contributed by atoms with Crippen LogP contribution in [0.1, 0.15) is 58.4 Å². The van der Waals surface area contributed by atoms with Crippen LogP contribution in [0, 0.1) is 5.92 Å². The average Bonchev–Trinajstić information content (AvgIpc) is 2.71. The highest BCUT2D eigenvalue weighted by atomic mass is 32.2. The first-order valence-electron chi connectivity index (χ1n) is 10.5. The Kier molecular flexibility index (Phi) is 5.76. The molecule has 4 rings (SSSR count). The van der Waals surface area contributed by atoms with E-state index in [2.05, 4.69) is 4.90 Å². The van der Waals surface area contributed by atoms with Crippen LogP contribution in [0.3, 0.4) is 0 Å². The summed E-state index contributed by atoms with van der Waals surface area (Å²) in [5, 5.41) is 1.28. The van der Waals surface area contributed by atoms with Crippen LogP contribution < -0.4 is 5.56 Å². The highest BCUT2D eigenvalue weighted by Crippen LogP contribution is 2.35. The van der Waals surface area contributed by atoms with E-state index in [0.29, 0.717) is 33.8 Å². The van der Waals surface area contributed by atoms with Crippen molar-refractivity contribution in [3.63, 3.8) is 0 Å². The minimum Gasteiger partial charge on any atom is -0.339 e. The topological polar surface area (TPSA) is 55.2 Å². The summed E-state index contributed by atoms with van der Waals surface area (Å²) in [6, 6.07) is 7.87. The maximum Gasteiger partial charge on any atom is 0.262 e. The van der Waals surface area contributed by atoms with E-state index < -0.39 is 0 Å². The number of amides is 1. The number of piperidine rings is 1. The van der Waals surface area contributed by atoms with Gasteiger partial charge < -0.3 is 4.90 Å². The third-order valence-electron chi connectivity index (χ3n) is 6.18. The number of hydrogen-bond acceptors (Lipinski definition) is 4. The van der Waals surface area contributed by atoms with Crippen molar-refractivity contribution in [2.75, 3.05) is 12.3 Å². The van der Waals surface area contributed by atoms with Crippen molar-refractivity contribution in [1.82, 2.24) is 14.5 Å². The Morgan fingerprint density at radius 2 is 1.93 bits per heavy atom. The van der Waals surface area contributed by atoms with Gasteiger partial charge in [-0.1, -0.05) is 36.7 Å². The second-order valence-electron chi connectivity index (χ2n) is 8.31. The van der Waals surface area contributed by atoms with Crippen molar-refractivity contribution >= 4 is 28.6 Å². The average molecular weight is 400 g/mol. The van der Waals surface area contributed by atoms with Crippen LogP contribution in [-0.4, -0.2) is 38.7 Å². The Morgan fingerprint density at radius 1 is 1.18 bits per heavy atom. The molecule has 0 spiro atoms. The van der Waals surface area contributed by atoms with Gasteiger partial charge in [0.2, 0.25) is 5.91 Å². The van der Waals surface area contributed by atoms with Crippen molar-refractivity contribution in [2.45, 2.75) is 69.6 Å². The normalized spacial score (nSPS) is 22.5. The number of nitrogens with zero attached hydrogens (tertiary/aromatic N) is 3. The number of para-hydroxylation sites is 1. The number of thioether (sulfide) groups is 1. The van der Waals surface area contributed by atoms with E-state index in [1.807, 2.05) is 38.1 Å². The van der Waals surface area contributed by atoms with Crippen LogP contribution in [0.5, 0.6) is 0 Å². The van der Waals surface area contributed by atoms with E-state index in [-0.39, 0.29) is 17.5 Å². The van der Waals surface area contributed by atoms with Gasteiger partial charge in [0.25, 0.3) is 5.56 Å². The second kappa shape index (κ2) is 8.27. The molecule has 2 aliphatic rings. The smallest absolute Gasteiger partial charge is 0.262 e. The van der Waals surface area contributed by atoms with Crippen molar-refractivity contribution in [1.29, 1.82) is 0 Å². The summed E-state index contributed by atoms with van der Waals surface area (Å²) in [5.41, 5.74) is 0.672. The molecule has 1 saturated carbocycles. The van der Waals surface area contributed by atoms with Gasteiger partial charge in [-0.2, -0.15) is 0 Å². The van der Waals surface area contributed by atoms with Gasteiger partial charge in [-0.15, -0.1) is 0 Å². The summed E-state index contributed by atoms with van der Waals surface area (Å²) in [4.78, 5) is 32.8. The van der Waals surface area contributed by atoms with Crippen LogP contribution in [0.15, 0.2) is 34.2 Å². The molecule has 0 N–H and O–H groups in total. The lowest BCUT2D eigenvalue weighted by molar-refractivity contribution is -0.134. The molecular formula is C22H29N3O2S. The van der Waals surface area contributed by atoms with Gasteiger partial charge in [-0.3, -0.25) is 14.2 Å². The second-order valence-corrected chi connectivity index (χ2v) is 9.25. The minimum absolute atomic E-state index is 0.0000743. The molecule has 6 heteroatoms. The first-order valence-corrected chi connectivity index (χ1v) is 11.5. The van der Waals surface area contributed by atoms with Gasteiger partial charge in [-0.25, -0.2) is 4.98 Å². The maximum atomic E-state index is 13.0. The molecule has 2 atom stereocenters. The zero-order valence-electron chi connectivity index (χ0n) is 16.8. The fourth-order valence-corrected chi connectivity index (χ4v) is 5.84. The molecular weight excluding hydrogens is 370 g/mol. The van der Waals surface area contributed by atoms with Crippen molar-refractivity contribution in [2.24, 2.45) is 5.92 Å². The van der Waals surface area contributed by atoms with Gasteiger partial charge in [0.05, 0.1) is 16.7 Å². The number of carbonyl (C=O) groups is 1. The first-order chi connectivity index (χ1) is 13.6. The molecule has 1 amide bonds. The predicted molar refractivity (Wildman–Crippen MR) is 114 cm³/mol. The Hall–Kier alpha value is -1.82. The van der Waals surface area contributed by atoms with Crippen LogP contribution in [-0.2, 0) is 4.79 Å². The fraction of sp³-hybridized carbons (Fsp3) is 0.591. The van der Waals surface area contributed by atoms with Gasteiger partial charge in [0, 0.05) is 18.6 Å². The molecule has 28 heavy (non-hydrogen) atoms. The molecule has 2 fully saturated rings. The molecule has 0 bridgehead atoms. The Morgan fingerprint density at radius 3 is 2.75 bits per heavy atom. The lowest BCUT2D eigenvalue weighted by Crippen LogP contribution is -2.50. The molecule has 2 aromatic rings. The van der Waals surface area contributed by atoms with Gasteiger partial charge >= 0.3 is 0 Å². The number of benzene rings is 1. The van der Waals surface area contributed by atoms with E-state index in [9.17, 15) is 9.59 Å². The molecule has 1 saturated heterocycles. The van der Waals surface area contributed by atoms with E-state index in [1.165, 1.54) is 37.4 Å². The Balaban J connectivity index is 1.56. The standard InChI is InChI=1S/C22H29N3O2S/c1-15(2)25-21(27)17-10-4-5-11-18(17)23-22(25)28-14-20(26)24-13-7-9-16-8-3-6-12-19(16)24/h4-5,10-11,15-16,19H,3,6-9,12-14H2,1-2H3/t16-,19+/m1/s1. The van der Waals surface area contributed by atoms with Crippen LogP contribution >= 0.6 is 11.8 Å². The molecule has 2 heterocycles. The molecule has 1 aromatic carbocycles. The summed E-state index contributed by atoms with van der Waals surface area (Å²) in [6.07, 6.45) is 7.33. The third kappa shape index (κ3) is 3.71. The molecule has 150 valence electrons. The predicted octanol–water partition coefficient (Wildman–Crippen LogP) is 4.25. The summed E-state index contributed by atoms with van der Waals surface area (Å²) in [6.45, 7) is 4.85. The summed E-state index contributed by atoms with van der Waals surface area (Å²) >= 11 is 1.41. The monoisotopic (exact) mass is 399 g/mol. The number of likely N-dealkylation sites (tertiary alicyclic amines) is 1. The van der Waals surface area contributed by atoms with Crippen LogP contribution in [0.4, 0.5) is 0 Å². The highest BCUT2D eigenvalue weighted by Gasteiger charge is 2.35. The van der Waals surface area contributed by atoms with Crippen molar-refractivity contribution in [3.8, 4) is 0 Å². The largest absolute Gasteiger partial charge is 0.339 e. The zero-order chi connectivity index (χ0) is 19.7. The van der Waals surface area contributed by atoms with E-state index >= 15 is 0 Å². The number of fused-ring (bicyclic) bond motifs is 2. The lowest BCUT2D eigenvalue weighted by atomic mass is 9.78. The third-order valence-corrected chi connectivity index (χ3v) is 7.12. The maximum absolute atomic E-state index is 13.0. The van der Waals surface area contributed by atoms with Gasteiger partial charge in [0.1, 0.15) is 0 Å². The van der Waals surface area contributed by atoms with Crippen molar-refractivity contribution in [3.05, 3.63) is 34.6 Å². The molecule has 5 nitrogen and oxygen atoms in total. The molecule has 0 radical (unpaired) electrons. The number of hydrogen-bond donors (Lipinski definition) is 0. The number of carbonyl (C=O) groups excluding carboxylic acids is 1. The molecule has 0 unspecified atom stereocenters. The highest BCUT2D eigenvalue weighted by molar-refractivity contribution is 7.99. The molecule has 1 aliphatic heterocycles. The van der Waals surface area contributed by atoms with Crippen LogP contribution in [0.25, 0.3) is 10.9 Å². The minimum atomic E-state index is -0.0270. The summed E-state index contributed by atoms with van der Waals surface area (Å²) in [5.74, 6) is 1.23. The SMILES string of the molecule is CC(C)n1c(SCC(=O)N2CCC[C@H]3CCCC[C@@H]32)nc2ccccc2c1=O. The lowest BCUT2D eigenvalue weighted by Gasteiger charge is -2.44.